The number of aliphatic hydroxyl groups excluding tert-OH is 1. The topological polar surface area (TPSA) is 103 Å². The van der Waals surface area contributed by atoms with Crippen molar-refractivity contribution in [2.45, 2.75) is 77.1 Å². The number of rotatable bonds is 9. The third-order valence-electron chi connectivity index (χ3n) is 8.22. The summed E-state index contributed by atoms with van der Waals surface area (Å²) in [6, 6.07) is 13.2. The van der Waals surface area contributed by atoms with E-state index in [2.05, 4.69) is 41.6 Å². The minimum Gasteiger partial charge on any atom is -0.497 e. The second kappa shape index (κ2) is 14.5. The molecule has 2 aromatic carbocycles. The SMILES string of the molecule is COc1ccc(CN(C)C[C@@H]2Oc3ccc(NC(=O)NC4CCCCC4)cc3CC(=O)N([C@@H](C)CO)C[C@H]2C)cc1. The van der Waals surface area contributed by atoms with Crippen LogP contribution in [-0.2, 0) is 17.8 Å². The van der Waals surface area contributed by atoms with E-state index in [9.17, 15) is 14.7 Å². The highest BCUT2D eigenvalue weighted by Crippen LogP contribution is 2.29. The van der Waals surface area contributed by atoms with Crippen molar-refractivity contribution in [3.8, 4) is 11.5 Å². The molecule has 1 saturated carbocycles. The molecule has 2 aromatic rings. The summed E-state index contributed by atoms with van der Waals surface area (Å²) in [6.45, 7) is 5.70. The molecule has 0 bridgehead atoms. The van der Waals surface area contributed by atoms with Crippen molar-refractivity contribution < 1.29 is 24.2 Å². The maximum absolute atomic E-state index is 13.5. The molecule has 3 N–H and O–H groups in total. The Morgan fingerprint density at radius 3 is 2.59 bits per heavy atom. The number of hydrogen-bond donors (Lipinski definition) is 3. The first-order valence-corrected chi connectivity index (χ1v) is 14.8. The molecule has 0 spiro atoms. The second-order valence-corrected chi connectivity index (χ2v) is 11.7. The zero-order valence-electron chi connectivity index (χ0n) is 24.9. The van der Waals surface area contributed by atoms with Crippen LogP contribution in [0.25, 0.3) is 0 Å². The molecule has 3 amide bonds. The highest BCUT2D eigenvalue weighted by Gasteiger charge is 2.31. The third kappa shape index (κ3) is 8.60. The lowest BCUT2D eigenvalue weighted by Gasteiger charge is -2.34. The number of amides is 3. The van der Waals surface area contributed by atoms with Crippen molar-refractivity contribution in [1.29, 1.82) is 0 Å². The van der Waals surface area contributed by atoms with Gasteiger partial charge in [0.2, 0.25) is 5.91 Å². The first kappa shape index (κ1) is 30.7. The number of hydrogen-bond acceptors (Lipinski definition) is 6. The van der Waals surface area contributed by atoms with Gasteiger partial charge >= 0.3 is 6.03 Å². The van der Waals surface area contributed by atoms with Gasteiger partial charge in [0.05, 0.1) is 26.2 Å². The first-order chi connectivity index (χ1) is 19.7. The Morgan fingerprint density at radius 1 is 1.17 bits per heavy atom. The van der Waals surface area contributed by atoms with Crippen LogP contribution < -0.4 is 20.1 Å². The Bertz CT molecular complexity index is 1150. The van der Waals surface area contributed by atoms with E-state index in [1.165, 1.54) is 6.42 Å². The van der Waals surface area contributed by atoms with Gasteiger partial charge in [0.15, 0.2) is 0 Å². The number of benzene rings is 2. The molecule has 3 atom stereocenters. The Labute approximate surface area is 244 Å². The number of urea groups is 1. The van der Waals surface area contributed by atoms with Crippen molar-refractivity contribution in [2.24, 2.45) is 5.92 Å². The summed E-state index contributed by atoms with van der Waals surface area (Å²) in [6.07, 6.45) is 5.44. The van der Waals surface area contributed by atoms with Crippen molar-refractivity contribution in [3.63, 3.8) is 0 Å². The lowest BCUT2D eigenvalue weighted by atomic mass is 9.96. The van der Waals surface area contributed by atoms with Crippen LogP contribution in [0.2, 0.25) is 0 Å². The lowest BCUT2D eigenvalue weighted by molar-refractivity contribution is -0.134. The molecule has 1 aliphatic carbocycles. The number of carbonyl (C=O) groups is 2. The third-order valence-corrected chi connectivity index (χ3v) is 8.22. The minimum absolute atomic E-state index is 0.0105. The van der Waals surface area contributed by atoms with E-state index in [0.29, 0.717) is 24.5 Å². The largest absolute Gasteiger partial charge is 0.497 e. The minimum atomic E-state index is -0.313. The van der Waals surface area contributed by atoms with Gasteiger partial charge in [-0.05, 0) is 62.7 Å². The standard InChI is InChI=1S/C32H46N4O5/c1-22-18-36(23(2)21-37)31(38)17-25-16-27(34-32(39)33-26-8-6-5-7-9-26)12-15-29(25)41-30(22)20-35(3)19-24-10-13-28(40-4)14-11-24/h10-16,22-23,26,30,37H,5-9,17-21H2,1-4H3,(H2,33,34,39)/t22-,23+,30+/m1/s1. The Hall–Kier alpha value is -3.30. The number of nitrogens with one attached hydrogen (secondary N) is 2. The monoisotopic (exact) mass is 566 g/mol. The number of anilines is 1. The van der Waals surface area contributed by atoms with E-state index in [1.54, 1.807) is 12.0 Å². The van der Waals surface area contributed by atoms with Crippen LogP contribution in [0.5, 0.6) is 11.5 Å². The molecule has 0 aromatic heterocycles. The van der Waals surface area contributed by atoms with Gasteiger partial charge in [-0.3, -0.25) is 9.69 Å². The van der Waals surface area contributed by atoms with E-state index in [1.807, 2.05) is 37.3 Å². The fourth-order valence-corrected chi connectivity index (χ4v) is 5.74. The summed E-state index contributed by atoms with van der Waals surface area (Å²) in [5.41, 5.74) is 2.51. The molecular formula is C32H46N4O5. The molecule has 9 nitrogen and oxygen atoms in total. The highest BCUT2D eigenvalue weighted by molar-refractivity contribution is 5.90. The summed E-state index contributed by atoms with van der Waals surface area (Å²) < 4.78 is 11.9. The van der Waals surface area contributed by atoms with Crippen molar-refractivity contribution >= 4 is 17.6 Å². The van der Waals surface area contributed by atoms with Gasteiger partial charge in [0, 0.05) is 42.8 Å². The summed E-state index contributed by atoms with van der Waals surface area (Å²) in [5, 5.41) is 15.9. The normalized spacial score (nSPS) is 20.7. The molecular weight excluding hydrogens is 520 g/mol. The van der Waals surface area contributed by atoms with Gasteiger partial charge in [-0.1, -0.05) is 38.3 Å². The van der Waals surface area contributed by atoms with Crippen LogP contribution >= 0.6 is 0 Å². The molecule has 1 fully saturated rings. The second-order valence-electron chi connectivity index (χ2n) is 11.7. The lowest BCUT2D eigenvalue weighted by Crippen LogP contribution is -2.47. The highest BCUT2D eigenvalue weighted by atomic mass is 16.5. The van der Waals surface area contributed by atoms with Gasteiger partial charge in [-0.2, -0.15) is 0 Å². The van der Waals surface area contributed by atoms with Crippen LogP contribution in [0, 0.1) is 5.92 Å². The smallest absolute Gasteiger partial charge is 0.319 e. The van der Waals surface area contributed by atoms with Crippen LogP contribution in [0.1, 0.15) is 57.1 Å². The van der Waals surface area contributed by atoms with Crippen molar-refractivity contribution in [3.05, 3.63) is 53.6 Å². The molecule has 4 rings (SSSR count). The van der Waals surface area contributed by atoms with Gasteiger partial charge in [-0.25, -0.2) is 4.79 Å². The van der Waals surface area contributed by atoms with Crippen molar-refractivity contribution in [1.82, 2.24) is 15.1 Å². The summed E-state index contributed by atoms with van der Waals surface area (Å²) in [7, 11) is 3.72. The average molecular weight is 567 g/mol. The maximum Gasteiger partial charge on any atom is 0.319 e. The quantitative estimate of drug-likeness (QED) is 0.415. The fraction of sp³-hybridized carbons (Fsp3) is 0.562. The maximum atomic E-state index is 13.5. The van der Waals surface area contributed by atoms with Gasteiger partial charge < -0.3 is 30.1 Å². The number of likely N-dealkylation sites (N-methyl/N-ethyl adjacent to an activating group) is 1. The fourth-order valence-electron chi connectivity index (χ4n) is 5.74. The molecule has 0 radical (unpaired) electrons. The van der Waals surface area contributed by atoms with Gasteiger partial charge in [0.1, 0.15) is 17.6 Å². The Morgan fingerprint density at radius 2 is 1.90 bits per heavy atom. The summed E-state index contributed by atoms with van der Waals surface area (Å²) in [5.74, 6) is 1.41. The molecule has 2 aliphatic rings. The number of methoxy groups -OCH3 is 1. The van der Waals surface area contributed by atoms with Crippen molar-refractivity contribution in [2.75, 3.05) is 39.2 Å². The van der Waals surface area contributed by atoms with E-state index >= 15 is 0 Å². The molecule has 0 saturated heterocycles. The molecule has 224 valence electrons. The summed E-state index contributed by atoms with van der Waals surface area (Å²) >= 11 is 0. The van der Waals surface area contributed by atoms with Crippen LogP contribution in [-0.4, -0.2) is 78.9 Å². The predicted octanol–water partition coefficient (Wildman–Crippen LogP) is 4.43. The Kier molecular flexibility index (Phi) is 10.9. The van der Waals surface area contributed by atoms with E-state index < -0.39 is 0 Å². The van der Waals surface area contributed by atoms with Crippen LogP contribution in [0.15, 0.2) is 42.5 Å². The molecule has 1 aliphatic heterocycles. The number of nitrogens with zero attached hydrogens (tertiary/aromatic N) is 2. The van der Waals surface area contributed by atoms with E-state index in [4.69, 9.17) is 9.47 Å². The first-order valence-electron chi connectivity index (χ1n) is 14.8. The van der Waals surface area contributed by atoms with Gasteiger partial charge in [0.25, 0.3) is 0 Å². The van der Waals surface area contributed by atoms with E-state index in [0.717, 1.165) is 49.1 Å². The number of fused-ring (bicyclic) bond motifs is 1. The predicted molar refractivity (Wildman–Crippen MR) is 160 cm³/mol. The summed E-state index contributed by atoms with van der Waals surface area (Å²) in [4.78, 5) is 30.2. The Balaban J connectivity index is 1.52. The zero-order valence-corrected chi connectivity index (χ0v) is 24.9. The number of carbonyl (C=O) groups excluding carboxylic acids is 2. The van der Waals surface area contributed by atoms with Crippen LogP contribution in [0.3, 0.4) is 0 Å². The zero-order chi connectivity index (χ0) is 29.4. The number of ether oxygens (including phenoxy) is 2. The molecule has 9 heteroatoms. The molecule has 41 heavy (non-hydrogen) atoms. The molecule has 0 unspecified atom stereocenters. The average Bonchev–Trinajstić information content (AvgIpc) is 3.01. The van der Waals surface area contributed by atoms with Gasteiger partial charge in [-0.15, -0.1) is 0 Å². The molecule has 1 heterocycles. The van der Waals surface area contributed by atoms with Crippen LogP contribution in [0.4, 0.5) is 10.5 Å². The van der Waals surface area contributed by atoms with E-state index in [-0.39, 0.29) is 49.1 Å². The number of aliphatic hydroxyl groups is 1.